The van der Waals surface area contributed by atoms with Gasteiger partial charge < -0.3 is 10.2 Å². The van der Waals surface area contributed by atoms with Crippen LogP contribution >= 0.6 is 0 Å². The van der Waals surface area contributed by atoms with E-state index < -0.39 is 17.6 Å². The normalized spacial score (nSPS) is 36.4. The molecule has 0 aromatic rings. The van der Waals surface area contributed by atoms with Crippen molar-refractivity contribution in [3.05, 3.63) is 0 Å². The molecule has 0 saturated heterocycles. The topological polar surface area (TPSA) is 57.5 Å². The molecule has 1 aliphatic carbocycles. The molecule has 64 valence electrons. The molecular formula is C7H11FO3. The Hall–Kier alpha value is -0.640. The molecule has 4 heteroatoms. The van der Waals surface area contributed by atoms with Gasteiger partial charge in [0, 0.05) is 6.61 Å². The SMILES string of the molecule is O=C(O)C1(CCO)CC(F)C1. The molecule has 2 N–H and O–H groups in total. The first-order chi connectivity index (χ1) is 5.10. The van der Waals surface area contributed by atoms with Gasteiger partial charge >= 0.3 is 5.97 Å². The van der Waals surface area contributed by atoms with E-state index in [1.54, 1.807) is 0 Å². The average molecular weight is 162 g/mol. The number of carboxylic acids is 1. The van der Waals surface area contributed by atoms with Crippen molar-refractivity contribution in [3.63, 3.8) is 0 Å². The minimum Gasteiger partial charge on any atom is -0.481 e. The summed E-state index contributed by atoms with van der Waals surface area (Å²) in [6.07, 6.45) is -0.702. The van der Waals surface area contributed by atoms with E-state index in [4.69, 9.17) is 10.2 Å². The van der Waals surface area contributed by atoms with E-state index in [2.05, 4.69) is 0 Å². The molecule has 0 aromatic heterocycles. The Balaban J connectivity index is 2.53. The van der Waals surface area contributed by atoms with Crippen molar-refractivity contribution in [3.8, 4) is 0 Å². The lowest BCUT2D eigenvalue weighted by atomic mass is 9.65. The largest absolute Gasteiger partial charge is 0.481 e. The van der Waals surface area contributed by atoms with Crippen molar-refractivity contribution in [1.29, 1.82) is 0 Å². The molecule has 0 amide bonds. The van der Waals surface area contributed by atoms with Crippen LogP contribution in [0.5, 0.6) is 0 Å². The van der Waals surface area contributed by atoms with Gasteiger partial charge in [-0.25, -0.2) is 4.39 Å². The molecule has 1 rings (SSSR count). The fraction of sp³-hybridized carbons (Fsp3) is 0.857. The molecule has 1 fully saturated rings. The Kier molecular flexibility index (Phi) is 2.13. The number of alkyl halides is 1. The lowest BCUT2D eigenvalue weighted by Crippen LogP contribution is -2.45. The number of aliphatic carboxylic acids is 1. The Morgan fingerprint density at radius 1 is 1.64 bits per heavy atom. The number of aliphatic hydroxyl groups is 1. The molecule has 0 aliphatic heterocycles. The maximum atomic E-state index is 12.4. The van der Waals surface area contributed by atoms with Crippen LogP contribution in [0.1, 0.15) is 19.3 Å². The van der Waals surface area contributed by atoms with Crippen molar-refractivity contribution in [2.45, 2.75) is 25.4 Å². The summed E-state index contributed by atoms with van der Waals surface area (Å²) in [6, 6.07) is 0. The third-order valence-electron chi connectivity index (χ3n) is 2.27. The maximum Gasteiger partial charge on any atom is 0.309 e. The summed E-state index contributed by atoms with van der Waals surface area (Å²) < 4.78 is 12.4. The molecule has 0 spiro atoms. The summed E-state index contributed by atoms with van der Waals surface area (Å²) in [7, 11) is 0. The summed E-state index contributed by atoms with van der Waals surface area (Å²) in [5.41, 5.74) is -0.964. The average Bonchev–Trinajstić information content (AvgIpc) is 1.84. The Bertz CT molecular complexity index is 158. The summed E-state index contributed by atoms with van der Waals surface area (Å²) in [5.74, 6) is -0.986. The van der Waals surface area contributed by atoms with Crippen molar-refractivity contribution in [1.82, 2.24) is 0 Å². The van der Waals surface area contributed by atoms with E-state index in [0.717, 1.165) is 0 Å². The second-order valence-corrected chi connectivity index (χ2v) is 3.06. The van der Waals surface area contributed by atoms with Crippen molar-refractivity contribution < 1.29 is 19.4 Å². The molecule has 0 radical (unpaired) electrons. The van der Waals surface area contributed by atoms with Crippen LogP contribution in [-0.4, -0.2) is 29.0 Å². The fourth-order valence-electron chi connectivity index (χ4n) is 1.49. The van der Waals surface area contributed by atoms with Gasteiger partial charge in [0.1, 0.15) is 6.17 Å². The highest BCUT2D eigenvalue weighted by Gasteiger charge is 2.50. The molecular weight excluding hydrogens is 151 g/mol. The lowest BCUT2D eigenvalue weighted by Gasteiger charge is -2.39. The highest BCUT2D eigenvalue weighted by molar-refractivity contribution is 5.76. The van der Waals surface area contributed by atoms with Crippen LogP contribution < -0.4 is 0 Å². The van der Waals surface area contributed by atoms with Gasteiger partial charge in [-0.1, -0.05) is 0 Å². The van der Waals surface area contributed by atoms with Gasteiger partial charge in [-0.15, -0.1) is 0 Å². The minimum atomic E-state index is -0.988. The van der Waals surface area contributed by atoms with Crippen molar-refractivity contribution >= 4 is 5.97 Å². The molecule has 3 nitrogen and oxygen atoms in total. The van der Waals surface area contributed by atoms with Crippen LogP contribution in [0.3, 0.4) is 0 Å². The number of halogens is 1. The summed E-state index contributed by atoms with van der Waals surface area (Å²) in [5, 5.41) is 17.2. The molecule has 1 aliphatic rings. The standard InChI is InChI=1S/C7H11FO3/c8-5-3-7(4-5,1-2-9)6(10)11/h5,9H,1-4H2,(H,10,11). The van der Waals surface area contributed by atoms with Crippen molar-refractivity contribution in [2.24, 2.45) is 5.41 Å². The minimum absolute atomic E-state index is 0.0584. The Morgan fingerprint density at radius 2 is 2.18 bits per heavy atom. The van der Waals surface area contributed by atoms with Gasteiger partial charge in [0.15, 0.2) is 0 Å². The quantitative estimate of drug-likeness (QED) is 0.637. The predicted molar refractivity (Wildman–Crippen MR) is 35.9 cm³/mol. The van der Waals surface area contributed by atoms with Crippen LogP contribution in [0, 0.1) is 5.41 Å². The van der Waals surface area contributed by atoms with E-state index in [1.807, 2.05) is 0 Å². The molecule has 0 atom stereocenters. The zero-order chi connectivity index (χ0) is 8.48. The van der Waals surface area contributed by atoms with Gasteiger partial charge in [0.2, 0.25) is 0 Å². The van der Waals surface area contributed by atoms with Gasteiger partial charge in [0.25, 0.3) is 0 Å². The van der Waals surface area contributed by atoms with E-state index in [1.165, 1.54) is 0 Å². The first-order valence-electron chi connectivity index (χ1n) is 3.59. The van der Waals surface area contributed by atoms with Crippen molar-refractivity contribution in [2.75, 3.05) is 6.61 Å². The predicted octanol–water partition coefficient (Wildman–Crippen LogP) is 0.572. The molecule has 0 heterocycles. The van der Waals surface area contributed by atoms with E-state index >= 15 is 0 Å². The van der Waals surface area contributed by atoms with Crippen LogP contribution in [0.15, 0.2) is 0 Å². The molecule has 11 heavy (non-hydrogen) atoms. The number of rotatable bonds is 3. The van der Waals surface area contributed by atoms with Gasteiger partial charge in [-0.2, -0.15) is 0 Å². The zero-order valence-electron chi connectivity index (χ0n) is 6.09. The highest BCUT2D eigenvalue weighted by Crippen LogP contribution is 2.45. The van der Waals surface area contributed by atoms with Gasteiger partial charge in [0.05, 0.1) is 5.41 Å². The number of carbonyl (C=O) groups is 1. The van der Waals surface area contributed by atoms with Crippen LogP contribution in [0.25, 0.3) is 0 Å². The second kappa shape index (κ2) is 2.77. The van der Waals surface area contributed by atoms with E-state index in [9.17, 15) is 9.18 Å². The number of hydrogen-bond acceptors (Lipinski definition) is 2. The molecule has 0 unspecified atom stereocenters. The first kappa shape index (κ1) is 8.46. The lowest BCUT2D eigenvalue weighted by molar-refractivity contribution is -0.160. The van der Waals surface area contributed by atoms with Gasteiger partial charge in [-0.05, 0) is 19.3 Å². The number of carboxylic acid groups (broad SMARTS) is 1. The fourth-order valence-corrected chi connectivity index (χ4v) is 1.49. The van der Waals surface area contributed by atoms with E-state index in [-0.39, 0.29) is 25.9 Å². The highest BCUT2D eigenvalue weighted by atomic mass is 19.1. The monoisotopic (exact) mass is 162 g/mol. The number of aliphatic hydroxyl groups excluding tert-OH is 1. The summed E-state index contributed by atoms with van der Waals surface area (Å²) in [4.78, 5) is 10.6. The molecule has 0 bridgehead atoms. The maximum absolute atomic E-state index is 12.4. The second-order valence-electron chi connectivity index (χ2n) is 3.06. The summed E-state index contributed by atoms with van der Waals surface area (Å²) >= 11 is 0. The third kappa shape index (κ3) is 1.35. The third-order valence-corrected chi connectivity index (χ3v) is 2.27. The van der Waals surface area contributed by atoms with Crippen LogP contribution in [0.2, 0.25) is 0 Å². The smallest absolute Gasteiger partial charge is 0.309 e. The Labute approximate surface area is 63.8 Å². The first-order valence-corrected chi connectivity index (χ1v) is 3.59. The molecule has 1 saturated carbocycles. The number of hydrogen-bond donors (Lipinski definition) is 2. The van der Waals surface area contributed by atoms with Gasteiger partial charge in [-0.3, -0.25) is 4.79 Å². The van der Waals surface area contributed by atoms with E-state index in [0.29, 0.717) is 0 Å². The van der Waals surface area contributed by atoms with Crippen LogP contribution in [0.4, 0.5) is 4.39 Å². The van der Waals surface area contributed by atoms with Crippen LogP contribution in [-0.2, 0) is 4.79 Å². The summed E-state index contributed by atoms with van der Waals surface area (Å²) in [6.45, 7) is -0.182. The Morgan fingerprint density at radius 3 is 2.45 bits per heavy atom. The molecule has 0 aromatic carbocycles. The zero-order valence-corrected chi connectivity index (χ0v) is 6.09.